The van der Waals surface area contributed by atoms with Crippen LogP contribution in [0.1, 0.15) is 19.8 Å². The van der Waals surface area contributed by atoms with E-state index in [4.69, 9.17) is 4.74 Å². The summed E-state index contributed by atoms with van der Waals surface area (Å²) in [6.07, 6.45) is 5.80. The predicted molar refractivity (Wildman–Crippen MR) is 76.1 cm³/mol. The molecule has 0 fully saturated rings. The van der Waals surface area contributed by atoms with Crippen LogP contribution in [-0.2, 0) is 0 Å². The van der Waals surface area contributed by atoms with E-state index in [1.165, 1.54) is 12.8 Å². The van der Waals surface area contributed by atoms with Gasteiger partial charge in [-0.25, -0.2) is 9.97 Å². The van der Waals surface area contributed by atoms with Crippen molar-refractivity contribution < 1.29 is 9.22 Å². The van der Waals surface area contributed by atoms with Crippen LogP contribution in [0.3, 0.4) is 0 Å². The smallest absolute Gasteiger partial charge is 0.246 e. The molecule has 0 spiro atoms. The van der Waals surface area contributed by atoms with E-state index >= 15 is 0 Å². The van der Waals surface area contributed by atoms with Gasteiger partial charge in [0.1, 0.15) is 13.2 Å². The van der Waals surface area contributed by atoms with E-state index in [1.54, 1.807) is 24.2 Å². The molecule has 1 rings (SSSR count). The van der Waals surface area contributed by atoms with Crippen LogP contribution in [0.5, 0.6) is 5.88 Å². The number of quaternary nitrogens is 1. The van der Waals surface area contributed by atoms with Crippen LogP contribution in [0, 0.1) is 0 Å². The molecule has 1 aromatic rings. The molecule has 0 atom stereocenters. The van der Waals surface area contributed by atoms with E-state index in [1.807, 2.05) is 0 Å². The standard InChI is InChI=1S/C13H24N3OS/c1-5-6-11-18-13-12(14-7-8-15-13)17-10-9-16(2,3)4/h7-8H,5-6,9-11H2,1-4H3/q+1. The number of thioether (sulfide) groups is 1. The molecule has 0 aliphatic heterocycles. The molecule has 0 aromatic carbocycles. The van der Waals surface area contributed by atoms with Crippen molar-refractivity contribution in [1.29, 1.82) is 0 Å². The number of ether oxygens (including phenoxy) is 1. The number of hydrogen-bond acceptors (Lipinski definition) is 4. The summed E-state index contributed by atoms with van der Waals surface area (Å²) in [7, 11) is 6.45. The molecule has 0 radical (unpaired) electrons. The Balaban J connectivity index is 2.48. The molecular weight excluding hydrogens is 246 g/mol. The van der Waals surface area contributed by atoms with Crippen LogP contribution >= 0.6 is 11.8 Å². The van der Waals surface area contributed by atoms with E-state index in [9.17, 15) is 0 Å². The van der Waals surface area contributed by atoms with Gasteiger partial charge in [0.25, 0.3) is 0 Å². The van der Waals surface area contributed by atoms with Gasteiger partial charge in [-0.1, -0.05) is 13.3 Å². The summed E-state index contributed by atoms with van der Waals surface area (Å²) in [4.78, 5) is 8.60. The Hall–Kier alpha value is -0.810. The minimum absolute atomic E-state index is 0.670. The zero-order valence-corrected chi connectivity index (χ0v) is 12.7. The first-order valence-corrected chi connectivity index (χ1v) is 7.38. The number of aromatic nitrogens is 2. The van der Waals surface area contributed by atoms with Crippen molar-refractivity contribution in [2.75, 3.05) is 40.0 Å². The third kappa shape index (κ3) is 6.21. The highest BCUT2D eigenvalue weighted by atomic mass is 32.2. The van der Waals surface area contributed by atoms with Gasteiger partial charge in [0.2, 0.25) is 5.88 Å². The predicted octanol–water partition coefficient (Wildman–Crippen LogP) is 2.45. The second kappa shape index (κ2) is 7.59. The van der Waals surface area contributed by atoms with Crippen LogP contribution in [0.4, 0.5) is 0 Å². The summed E-state index contributed by atoms with van der Waals surface area (Å²) < 4.78 is 6.62. The molecule has 0 aliphatic carbocycles. The Morgan fingerprint density at radius 3 is 2.61 bits per heavy atom. The zero-order valence-electron chi connectivity index (χ0n) is 11.8. The van der Waals surface area contributed by atoms with Crippen LogP contribution < -0.4 is 4.74 Å². The van der Waals surface area contributed by atoms with Crippen molar-refractivity contribution in [3.8, 4) is 5.88 Å². The van der Waals surface area contributed by atoms with Crippen LogP contribution in [0.25, 0.3) is 0 Å². The largest absolute Gasteiger partial charge is 0.470 e. The number of nitrogens with zero attached hydrogens (tertiary/aromatic N) is 3. The van der Waals surface area contributed by atoms with Crippen molar-refractivity contribution in [3.05, 3.63) is 12.4 Å². The Labute approximate surface area is 114 Å². The summed E-state index contributed by atoms with van der Waals surface area (Å²) >= 11 is 1.73. The molecule has 0 aliphatic rings. The monoisotopic (exact) mass is 270 g/mol. The van der Waals surface area contributed by atoms with Crippen molar-refractivity contribution >= 4 is 11.8 Å². The van der Waals surface area contributed by atoms with E-state index in [-0.39, 0.29) is 0 Å². The van der Waals surface area contributed by atoms with Gasteiger partial charge in [-0.05, 0) is 12.2 Å². The molecule has 0 amide bonds. The zero-order chi connectivity index (χ0) is 13.4. The molecule has 0 saturated carbocycles. The average molecular weight is 270 g/mol. The Kier molecular flexibility index (Phi) is 6.43. The van der Waals surface area contributed by atoms with Crippen LogP contribution in [0.2, 0.25) is 0 Å². The van der Waals surface area contributed by atoms with Crippen LogP contribution in [-0.4, -0.2) is 54.5 Å². The lowest BCUT2D eigenvalue weighted by Gasteiger charge is -2.23. The average Bonchev–Trinajstić information content (AvgIpc) is 2.30. The Morgan fingerprint density at radius 1 is 1.22 bits per heavy atom. The molecule has 0 unspecified atom stereocenters. The minimum Gasteiger partial charge on any atom is -0.470 e. The number of rotatable bonds is 8. The fourth-order valence-corrected chi connectivity index (χ4v) is 2.24. The van der Waals surface area contributed by atoms with Gasteiger partial charge in [0, 0.05) is 12.4 Å². The van der Waals surface area contributed by atoms with Gasteiger partial charge in [-0.15, -0.1) is 11.8 Å². The van der Waals surface area contributed by atoms with Gasteiger partial charge in [0.15, 0.2) is 5.03 Å². The van der Waals surface area contributed by atoms with E-state index < -0.39 is 0 Å². The van der Waals surface area contributed by atoms with Gasteiger partial charge >= 0.3 is 0 Å². The lowest BCUT2D eigenvalue weighted by Crippen LogP contribution is -2.38. The SMILES string of the molecule is CCCCSc1nccnc1OCC[N+](C)(C)C. The Bertz CT molecular complexity index is 352. The molecule has 0 bridgehead atoms. The van der Waals surface area contributed by atoms with Crippen molar-refractivity contribution in [2.24, 2.45) is 0 Å². The Morgan fingerprint density at radius 2 is 1.94 bits per heavy atom. The number of likely N-dealkylation sites (N-methyl/N-ethyl adjacent to an activating group) is 1. The third-order valence-electron chi connectivity index (χ3n) is 2.37. The highest BCUT2D eigenvalue weighted by Crippen LogP contribution is 2.25. The van der Waals surface area contributed by atoms with Gasteiger partial charge in [0.05, 0.1) is 21.1 Å². The minimum atomic E-state index is 0.670. The molecule has 1 heterocycles. The first-order valence-electron chi connectivity index (χ1n) is 6.40. The topological polar surface area (TPSA) is 35.0 Å². The summed E-state index contributed by atoms with van der Waals surface area (Å²) in [5.41, 5.74) is 0. The van der Waals surface area contributed by atoms with Crippen molar-refractivity contribution in [3.63, 3.8) is 0 Å². The second-order valence-electron chi connectivity index (χ2n) is 5.23. The summed E-state index contributed by atoms with van der Waals surface area (Å²) in [6, 6.07) is 0. The summed E-state index contributed by atoms with van der Waals surface area (Å²) in [6.45, 7) is 3.81. The maximum Gasteiger partial charge on any atom is 0.246 e. The fourth-order valence-electron chi connectivity index (χ4n) is 1.24. The van der Waals surface area contributed by atoms with E-state index in [0.717, 1.165) is 21.8 Å². The first kappa shape index (κ1) is 15.2. The van der Waals surface area contributed by atoms with Gasteiger partial charge in [-0.3, -0.25) is 0 Å². The molecule has 0 saturated heterocycles. The van der Waals surface area contributed by atoms with Crippen molar-refractivity contribution in [1.82, 2.24) is 9.97 Å². The molecule has 5 heteroatoms. The van der Waals surface area contributed by atoms with Crippen LogP contribution in [0.15, 0.2) is 17.4 Å². The third-order valence-corrected chi connectivity index (χ3v) is 3.42. The highest BCUT2D eigenvalue weighted by Gasteiger charge is 2.10. The van der Waals surface area contributed by atoms with E-state index in [0.29, 0.717) is 12.5 Å². The summed E-state index contributed by atoms with van der Waals surface area (Å²) in [5.74, 6) is 1.74. The number of hydrogen-bond donors (Lipinski definition) is 0. The molecule has 0 N–H and O–H groups in total. The molecule has 1 aromatic heterocycles. The molecule has 102 valence electrons. The molecule has 18 heavy (non-hydrogen) atoms. The lowest BCUT2D eigenvalue weighted by molar-refractivity contribution is -0.870. The second-order valence-corrected chi connectivity index (χ2v) is 6.31. The molecular formula is C13H24N3OS+. The lowest BCUT2D eigenvalue weighted by atomic mass is 10.4. The quantitative estimate of drug-likeness (QED) is 0.413. The normalized spacial score (nSPS) is 11.6. The van der Waals surface area contributed by atoms with E-state index in [2.05, 4.69) is 38.0 Å². The van der Waals surface area contributed by atoms with Crippen molar-refractivity contribution in [2.45, 2.75) is 24.8 Å². The first-order chi connectivity index (χ1) is 8.53. The fraction of sp³-hybridized carbons (Fsp3) is 0.692. The highest BCUT2D eigenvalue weighted by molar-refractivity contribution is 7.99. The maximum atomic E-state index is 5.73. The van der Waals surface area contributed by atoms with Gasteiger partial charge in [-0.2, -0.15) is 0 Å². The summed E-state index contributed by atoms with van der Waals surface area (Å²) in [5, 5.41) is 0.910. The maximum absolute atomic E-state index is 5.73. The number of unbranched alkanes of at least 4 members (excludes halogenated alkanes) is 1. The molecule has 4 nitrogen and oxygen atoms in total. The van der Waals surface area contributed by atoms with Gasteiger partial charge < -0.3 is 9.22 Å².